The predicted molar refractivity (Wildman–Crippen MR) is 65.2 cm³/mol. The van der Waals surface area contributed by atoms with E-state index in [1.54, 1.807) is 21.3 Å². The number of hydrogen-bond donors (Lipinski definition) is 2. The average Bonchev–Trinajstić information content (AvgIpc) is 2.38. The van der Waals surface area contributed by atoms with Gasteiger partial charge in [0.15, 0.2) is 24.6 Å². The van der Waals surface area contributed by atoms with Gasteiger partial charge in [0, 0.05) is 24.3 Å². The third kappa shape index (κ3) is 2.39. The maximum Gasteiger partial charge on any atom is 0.213 e. The van der Waals surface area contributed by atoms with Gasteiger partial charge in [0.2, 0.25) is 11.4 Å². The maximum absolute atomic E-state index is 10.3. The highest BCUT2D eigenvalue weighted by Gasteiger charge is 2.31. The van der Waals surface area contributed by atoms with Crippen molar-refractivity contribution in [3.05, 3.63) is 60.2 Å². The van der Waals surface area contributed by atoms with Gasteiger partial charge < -0.3 is 10.2 Å². The van der Waals surface area contributed by atoms with E-state index in [4.69, 9.17) is 0 Å². The molecule has 94 valence electrons. The lowest BCUT2D eigenvalue weighted by atomic mass is 10.1. The quantitative estimate of drug-likeness (QED) is 0.755. The molecule has 0 aromatic carbocycles. The molecule has 4 nitrogen and oxygen atoms in total. The molecule has 2 unspecified atom stereocenters. The van der Waals surface area contributed by atoms with Crippen molar-refractivity contribution in [3.63, 3.8) is 0 Å². The van der Waals surface area contributed by atoms with Crippen molar-refractivity contribution in [2.24, 2.45) is 14.1 Å². The number of pyridine rings is 2. The lowest BCUT2D eigenvalue weighted by Crippen LogP contribution is -2.39. The van der Waals surface area contributed by atoms with Gasteiger partial charge in [0.05, 0.1) is 0 Å². The Hall–Kier alpha value is -1.78. The molecule has 0 saturated carbocycles. The molecule has 2 heterocycles. The van der Waals surface area contributed by atoms with Crippen LogP contribution in [0.4, 0.5) is 0 Å². The molecule has 4 heteroatoms. The van der Waals surface area contributed by atoms with E-state index < -0.39 is 12.2 Å². The van der Waals surface area contributed by atoms with Crippen LogP contribution in [0.2, 0.25) is 0 Å². The Morgan fingerprint density at radius 2 is 1.17 bits per heavy atom. The molecule has 2 atom stereocenters. The Morgan fingerprint density at radius 3 is 1.50 bits per heavy atom. The predicted octanol–water partition coefficient (Wildman–Crippen LogP) is 0.103. The minimum Gasteiger partial charge on any atom is -0.379 e. The van der Waals surface area contributed by atoms with Gasteiger partial charge in [-0.1, -0.05) is 12.1 Å². The summed E-state index contributed by atoms with van der Waals surface area (Å²) in [6.45, 7) is 0. The second kappa shape index (κ2) is 5.25. The zero-order valence-electron chi connectivity index (χ0n) is 10.6. The van der Waals surface area contributed by atoms with Crippen LogP contribution >= 0.6 is 0 Å². The zero-order valence-corrected chi connectivity index (χ0v) is 10.6. The first-order valence-electron chi connectivity index (χ1n) is 5.86. The molecule has 2 aromatic heterocycles. The van der Waals surface area contributed by atoms with Crippen molar-refractivity contribution in [2.75, 3.05) is 0 Å². The summed E-state index contributed by atoms with van der Waals surface area (Å²) in [5, 5.41) is 20.5. The summed E-state index contributed by atoms with van der Waals surface area (Å²) in [6, 6.07) is 11.1. The fourth-order valence-electron chi connectivity index (χ4n) is 2.01. The Kier molecular flexibility index (Phi) is 3.69. The number of hydrogen-bond acceptors (Lipinski definition) is 2. The summed E-state index contributed by atoms with van der Waals surface area (Å²) >= 11 is 0. The monoisotopic (exact) mass is 246 g/mol. The van der Waals surface area contributed by atoms with Gasteiger partial charge in [-0.2, -0.15) is 0 Å². The van der Waals surface area contributed by atoms with Crippen LogP contribution in [0, 0.1) is 0 Å². The third-order valence-corrected chi connectivity index (χ3v) is 3.10. The van der Waals surface area contributed by atoms with Crippen LogP contribution in [-0.4, -0.2) is 10.2 Å². The molecule has 0 spiro atoms. The minimum atomic E-state index is -0.954. The fraction of sp³-hybridized carbons (Fsp3) is 0.286. The molecule has 2 aromatic rings. The molecule has 0 fully saturated rings. The Balaban J connectivity index is 2.33. The van der Waals surface area contributed by atoms with Crippen LogP contribution in [0.1, 0.15) is 23.6 Å². The highest BCUT2D eigenvalue weighted by molar-refractivity contribution is 5.08. The number of rotatable bonds is 3. The maximum atomic E-state index is 10.3. The van der Waals surface area contributed by atoms with Gasteiger partial charge >= 0.3 is 0 Å². The Labute approximate surface area is 106 Å². The van der Waals surface area contributed by atoms with Crippen molar-refractivity contribution in [2.45, 2.75) is 12.2 Å². The normalized spacial score (nSPS) is 14.2. The third-order valence-electron chi connectivity index (χ3n) is 3.10. The first-order valence-corrected chi connectivity index (χ1v) is 5.86. The summed E-state index contributed by atoms with van der Waals surface area (Å²) in [5.74, 6) is 0. The van der Waals surface area contributed by atoms with E-state index in [0.29, 0.717) is 11.4 Å². The molecule has 2 rings (SSSR count). The van der Waals surface area contributed by atoms with E-state index in [-0.39, 0.29) is 0 Å². The first kappa shape index (κ1) is 12.7. The lowest BCUT2D eigenvalue weighted by Gasteiger charge is -2.14. The van der Waals surface area contributed by atoms with Gasteiger partial charge in [0.1, 0.15) is 14.1 Å². The Morgan fingerprint density at radius 1 is 0.778 bits per heavy atom. The summed E-state index contributed by atoms with van der Waals surface area (Å²) in [5.41, 5.74) is 1.35. The Bertz CT molecular complexity index is 493. The highest BCUT2D eigenvalue weighted by atomic mass is 16.3. The van der Waals surface area contributed by atoms with E-state index in [1.165, 1.54) is 0 Å². The summed E-state index contributed by atoms with van der Waals surface area (Å²) in [7, 11) is 3.69. The molecule has 0 aliphatic heterocycles. The number of aliphatic hydroxyl groups is 2. The van der Waals surface area contributed by atoms with Crippen LogP contribution in [0.5, 0.6) is 0 Å². The molecule has 18 heavy (non-hydrogen) atoms. The molecule has 0 bridgehead atoms. The van der Waals surface area contributed by atoms with Crippen LogP contribution < -0.4 is 9.13 Å². The van der Waals surface area contributed by atoms with E-state index in [9.17, 15) is 10.2 Å². The second-order valence-electron chi connectivity index (χ2n) is 4.36. The van der Waals surface area contributed by atoms with Gasteiger partial charge in [-0.25, -0.2) is 9.13 Å². The summed E-state index contributed by atoms with van der Waals surface area (Å²) in [6.07, 6.45) is 1.78. The van der Waals surface area contributed by atoms with Crippen LogP contribution in [-0.2, 0) is 14.1 Å². The first-order chi connectivity index (χ1) is 8.61. The molecular formula is C14H18N2O2+2. The standard InChI is InChI=1S/C14H18N2O2/c1-15-9-5-3-7-11(15)13(17)14(18)12-8-4-6-10-16(12)2/h3-10,13-14,17-18H,1-2H3/q+2. The lowest BCUT2D eigenvalue weighted by molar-refractivity contribution is -0.691. The van der Waals surface area contributed by atoms with Crippen LogP contribution in [0.15, 0.2) is 48.8 Å². The number of aryl methyl sites for hydroxylation is 2. The molecule has 0 aliphatic rings. The smallest absolute Gasteiger partial charge is 0.213 e. The van der Waals surface area contributed by atoms with Gasteiger partial charge in [-0.15, -0.1) is 0 Å². The number of aromatic nitrogens is 2. The topological polar surface area (TPSA) is 48.2 Å². The van der Waals surface area contributed by atoms with Crippen molar-refractivity contribution in [1.82, 2.24) is 0 Å². The number of nitrogens with zero attached hydrogens (tertiary/aromatic N) is 2. The minimum absolute atomic E-state index is 0.675. The molecular weight excluding hydrogens is 228 g/mol. The van der Waals surface area contributed by atoms with Crippen LogP contribution in [0.25, 0.3) is 0 Å². The van der Waals surface area contributed by atoms with Crippen molar-refractivity contribution < 1.29 is 19.3 Å². The average molecular weight is 246 g/mol. The SMILES string of the molecule is C[n+]1ccccc1C(O)C(O)c1cccc[n+]1C. The molecule has 2 N–H and O–H groups in total. The van der Waals surface area contributed by atoms with Gasteiger partial charge in [-0.05, 0) is 0 Å². The summed E-state index contributed by atoms with van der Waals surface area (Å²) < 4.78 is 3.60. The van der Waals surface area contributed by atoms with Crippen molar-refractivity contribution in [3.8, 4) is 0 Å². The van der Waals surface area contributed by atoms with Gasteiger partial charge in [0.25, 0.3) is 0 Å². The van der Waals surface area contributed by atoms with Crippen LogP contribution in [0.3, 0.4) is 0 Å². The zero-order chi connectivity index (χ0) is 13.1. The largest absolute Gasteiger partial charge is 0.379 e. The molecule has 0 amide bonds. The molecule has 0 saturated heterocycles. The van der Waals surface area contributed by atoms with E-state index >= 15 is 0 Å². The molecule has 0 radical (unpaired) electrons. The van der Waals surface area contributed by atoms with E-state index in [1.807, 2.05) is 50.8 Å². The van der Waals surface area contributed by atoms with Gasteiger partial charge in [-0.3, -0.25) is 0 Å². The molecule has 0 aliphatic carbocycles. The summed E-state index contributed by atoms with van der Waals surface area (Å²) in [4.78, 5) is 0. The van der Waals surface area contributed by atoms with E-state index in [0.717, 1.165) is 0 Å². The highest BCUT2D eigenvalue weighted by Crippen LogP contribution is 2.24. The number of aliphatic hydroxyl groups excluding tert-OH is 2. The van der Waals surface area contributed by atoms with Crippen molar-refractivity contribution >= 4 is 0 Å². The van der Waals surface area contributed by atoms with Crippen molar-refractivity contribution in [1.29, 1.82) is 0 Å². The van der Waals surface area contributed by atoms with E-state index in [2.05, 4.69) is 0 Å². The second-order valence-corrected chi connectivity index (χ2v) is 4.36. The fourth-order valence-corrected chi connectivity index (χ4v) is 2.01.